The Hall–Kier alpha value is -7.36. The van der Waals surface area contributed by atoms with Crippen LogP contribution < -0.4 is 4.90 Å². The maximum absolute atomic E-state index is 6.68. The molecule has 0 radical (unpaired) electrons. The standard InChI is InChI=1S/C54H35NO2/c1-4-16-39-34(13-1)29-32-45-52-43(21-11-25-50(52)57-54(39)45)42-19-7-9-22-47(42)55(48-23-12-26-51-53(48)44-20-8-10-24-49(44)56-51)37-30-27-35(28-31-37)46-33-36-14-2-3-15-38(36)40-17-5-6-18-41(40)46/h1-2,4-14,16-33H,3,15H2. The summed E-state index contributed by atoms with van der Waals surface area (Å²) >= 11 is 0. The van der Waals surface area contributed by atoms with Gasteiger partial charge in [0.05, 0.1) is 16.8 Å². The number of hydrogen-bond acceptors (Lipinski definition) is 3. The minimum Gasteiger partial charge on any atom is -0.456 e. The lowest BCUT2D eigenvalue weighted by molar-refractivity contribution is 0.669. The lowest BCUT2D eigenvalue weighted by atomic mass is 9.87. The van der Waals surface area contributed by atoms with Gasteiger partial charge < -0.3 is 13.7 Å². The molecule has 0 unspecified atom stereocenters. The van der Waals surface area contributed by atoms with E-state index in [1.165, 1.54) is 38.4 Å². The Morgan fingerprint density at radius 2 is 1.12 bits per heavy atom. The van der Waals surface area contributed by atoms with Crippen LogP contribution in [-0.2, 0) is 6.42 Å². The van der Waals surface area contributed by atoms with Crippen LogP contribution >= 0.6 is 0 Å². The largest absolute Gasteiger partial charge is 0.456 e. The van der Waals surface area contributed by atoms with E-state index in [0.29, 0.717) is 0 Å². The van der Waals surface area contributed by atoms with Crippen molar-refractivity contribution in [1.82, 2.24) is 0 Å². The Morgan fingerprint density at radius 1 is 0.439 bits per heavy atom. The molecule has 0 saturated heterocycles. The van der Waals surface area contributed by atoms with Crippen molar-refractivity contribution < 1.29 is 8.83 Å². The van der Waals surface area contributed by atoms with Crippen LogP contribution in [0.5, 0.6) is 0 Å². The Morgan fingerprint density at radius 3 is 2.02 bits per heavy atom. The zero-order chi connectivity index (χ0) is 37.5. The molecule has 0 fully saturated rings. The van der Waals surface area contributed by atoms with E-state index in [-0.39, 0.29) is 0 Å². The molecule has 12 rings (SSSR count). The predicted molar refractivity (Wildman–Crippen MR) is 239 cm³/mol. The van der Waals surface area contributed by atoms with Crippen molar-refractivity contribution in [2.24, 2.45) is 0 Å². The van der Waals surface area contributed by atoms with Crippen LogP contribution in [0.1, 0.15) is 17.5 Å². The third-order valence-corrected chi connectivity index (χ3v) is 11.9. The third-order valence-electron chi connectivity index (χ3n) is 11.9. The van der Waals surface area contributed by atoms with Gasteiger partial charge in [0.15, 0.2) is 0 Å². The summed E-state index contributed by atoms with van der Waals surface area (Å²) in [5.74, 6) is 0. The summed E-state index contributed by atoms with van der Waals surface area (Å²) in [7, 11) is 0. The first kappa shape index (κ1) is 31.9. The minimum absolute atomic E-state index is 0.858. The highest BCUT2D eigenvalue weighted by atomic mass is 16.3. The summed E-state index contributed by atoms with van der Waals surface area (Å²) < 4.78 is 13.2. The van der Waals surface area contributed by atoms with Crippen LogP contribution in [0.15, 0.2) is 191 Å². The van der Waals surface area contributed by atoms with Crippen molar-refractivity contribution in [3.8, 4) is 22.3 Å². The molecule has 57 heavy (non-hydrogen) atoms. The molecule has 0 amide bonds. The number of aryl methyl sites for hydroxylation is 1. The van der Waals surface area contributed by atoms with E-state index >= 15 is 0 Å². The van der Waals surface area contributed by atoms with Crippen molar-refractivity contribution in [1.29, 1.82) is 0 Å². The second-order valence-electron chi connectivity index (χ2n) is 15.1. The molecule has 0 N–H and O–H groups in total. The number of para-hydroxylation sites is 2. The number of rotatable bonds is 5. The number of allylic oxidation sites excluding steroid dienone is 1. The molecule has 2 heterocycles. The fourth-order valence-corrected chi connectivity index (χ4v) is 9.38. The summed E-state index contributed by atoms with van der Waals surface area (Å²) in [6.07, 6.45) is 6.76. The summed E-state index contributed by atoms with van der Waals surface area (Å²) in [5.41, 5.74) is 14.1. The molecule has 0 atom stereocenters. The lowest BCUT2D eigenvalue weighted by Gasteiger charge is -2.29. The first-order valence-corrected chi connectivity index (χ1v) is 19.7. The highest BCUT2D eigenvalue weighted by Gasteiger charge is 2.24. The van der Waals surface area contributed by atoms with E-state index in [4.69, 9.17) is 8.83 Å². The van der Waals surface area contributed by atoms with E-state index in [1.807, 2.05) is 6.07 Å². The highest BCUT2D eigenvalue weighted by Crippen LogP contribution is 2.49. The normalized spacial score (nSPS) is 12.7. The minimum atomic E-state index is 0.858. The Kier molecular flexibility index (Phi) is 7.05. The molecule has 268 valence electrons. The average Bonchev–Trinajstić information content (AvgIpc) is 3.86. The summed E-state index contributed by atoms with van der Waals surface area (Å²) in [4.78, 5) is 2.41. The van der Waals surface area contributed by atoms with Gasteiger partial charge in [0.2, 0.25) is 0 Å². The zero-order valence-electron chi connectivity index (χ0n) is 31.1. The molecule has 0 bridgehead atoms. The van der Waals surface area contributed by atoms with Crippen LogP contribution in [-0.4, -0.2) is 0 Å². The lowest BCUT2D eigenvalue weighted by Crippen LogP contribution is -2.11. The fraction of sp³-hybridized carbons (Fsp3) is 0.0370. The van der Waals surface area contributed by atoms with Crippen LogP contribution in [0.25, 0.3) is 93.8 Å². The maximum Gasteiger partial charge on any atom is 0.143 e. The van der Waals surface area contributed by atoms with Crippen molar-refractivity contribution in [3.63, 3.8) is 0 Å². The number of benzene rings is 9. The van der Waals surface area contributed by atoms with Gasteiger partial charge in [0.1, 0.15) is 22.3 Å². The Bertz CT molecular complexity index is 3420. The number of fused-ring (bicyclic) bond motifs is 11. The van der Waals surface area contributed by atoms with Crippen molar-refractivity contribution in [2.45, 2.75) is 12.8 Å². The van der Waals surface area contributed by atoms with Gasteiger partial charge in [-0.15, -0.1) is 0 Å². The van der Waals surface area contributed by atoms with Gasteiger partial charge in [-0.2, -0.15) is 0 Å². The molecule has 0 aliphatic heterocycles. The van der Waals surface area contributed by atoms with Crippen molar-refractivity contribution in [2.75, 3.05) is 4.90 Å². The first-order valence-electron chi connectivity index (χ1n) is 19.7. The van der Waals surface area contributed by atoms with Crippen LogP contribution in [0.4, 0.5) is 17.1 Å². The summed E-state index contributed by atoms with van der Waals surface area (Å²) in [6.45, 7) is 0. The second-order valence-corrected chi connectivity index (χ2v) is 15.1. The van der Waals surface area contributed by atoms with Gasteiger partial charge in [-0.1, -0.05) is 133 Å². The van der Waals surface area contributed by atoms with Gasteiger partial charge in [-0.3, -0.25) is 0 Å². The zero-order valence-corrected chi connectivity index (χ0v) is 31.1. The molecule has 11 aromatic rings. The molecular weight excluding hydrogens is 695 g/mol. The second kappa shape index (κ2) is 12.6. The molecule has 1 aliphatic rings. The number of nitrogens with zero attached hydrogens (tertiary/aromatic N) is 1. The summed E-state index contributed by atoms with van der Waals surface area (Å²) in [6, 6.07) is 63.2. The van der Waals surface area contributed by atoms with Crippen LogP contribution in [0.2, 0.25) is 0 Å². The van der Waals surface area contributed by atoms with Gasteiger partial charge >= 0.3 is 0 Å². The first-order chi connectivity index (χ1) is 28.3. The smallest absolute Gasteiger partial charge is 0.143 e. The van der Waals surface area contributed by atoms with E-state index in [0.717, 1.165) is 90.3 Å². The van der Waals surface area contributed by atoms with E-state index in [2.05, 4.69) is 187 Å². The Labute approximate surface area is 329 Å². The predicted octanol–water partition coefficient (Wildman–Crippen LogP) is 15.6. The van der Waals surface area contributed by atoms with Gasteiger partial charge in [0.25, 0.3) is 0 Å². The summed E-state index contributed by atoms with van der Waals surface area (Å²) in [5, 5.41) is 9.32. The SMILES string of the molecule is C1=Cc2cc(-c3ccc(N(c4ccccc4-c4cccc5oc6c7ccccc7ccc6c45)c4cccc5oc6ccccc6c45)cc3)c3ccccc3c2CC1. The molecule has 2 aromatic heterocycles. The molecule has 0 saturated carbocycles. The third kappa shape index (κ3) is 4.92. The number of furan rings is 2. The quantitative estimate of drug-likeness (QED) is 0.177. The van der Waals surface area contributed by atoms with E-state index in [1.54, 1.807) is 0 Å². The van der Waals surface area contributed by atoms with E-state index in [9.17, 15) is 0 Å². The number of hydrogen-bond donors (Lipinski definition) is 0. The molecule has 3 heteroatoms. The topological polar surface area (TPSA) is 29.5 Å². The fourth-order valence-electron chi connectivity index (χ4n) is 9.38. The van der Waals surface area contributed by atoms with Crippen LogP contribution in [0, 0.1) is 0 Å². The van der Waals surface area contributed by atoms with Gasteiger partial charge in [-0.25, -0.2) is 0 Å². The maximum atomic E-state index is 6.68. The van der Waals surface area contributed by atoms with Gasteiger partial charge in [0, 0.05) is 32.8 Å². The van der Waals surface area contributed by atoms with Crippen molar-refractivity contribution >= 4 is 88.6 Å². The van der Waals surface area contributed by atoms with Crippen LogP contribution in [0.3, 0.4) is 0 Å². The van der Waals surface area contributed by atoms with E-state index < -0.39 is 0 Å². The van der Waals surface area contributed by atoms with Crippen molar-refractivity contribution in [3.05, 3.63) is 193 Å². The highest BCUT2D eigenvalue weighted by molar-refractivity contribution is 6.20. The van der Waals surface area contributed by atoms with Gasteiger partial charge in [-0.05, 0) is 111 Å². The Balaban J connectivity index is 1.10. The average molecular weight is 730 g/mol. The molecule has 3 nitrogen and oxygen atoms in total. The molecule has 1 aliphatic carbocycles. The molecule has 9 aromatic carbocycles. The monoisotopic (exact) mass is 729 g/mol. The number of anilines is 3. The molecule has 0 spiro atoms. The molecular formula is C54H35NO2.